The van der Waals surface area contributed by atoms with Gasteiger partial charge in [0.15, 0.2) is 0 Å². The predicted octanol–water partition coefficient (Wildman–Crippen LogP) is 2.81. The molecule has 0 saturated heterocycles. The summed E-state index contributed by atoms with van der Waals surface area (Å²) in [6.07, 6.45) is 4.59. The molecule has 3 aromatic rings. The van der Waals surface area contributed by atoms with Crippen molar-refractivity contribution in [3.05, 3.63) is 41.7 Å². The number of benzene rings is 1. The van der Waals surface area contributed by atoms with Crippen LogP contribution in [0.3, 0.4) is 0 Å². The predicted molar refractivity (Wildman–Crippen MR) is 71.3 cm³/mol. The van der Waals surface area contributed by atoms with Gasteiger partial charge in [-0.15, -0.1) is 11.3 Å². The average molecular weight is 257 g/mol. The molecule has 0 amide bonds. The molecule has 5 heteroatoms. The maximum absolute atomic E-state index is 9.50. The largest absolute Gasteiger partial charge is 0.388 e. The SMILES string of the molecule is CC(O)c1cnc(-c2ccc3nccnc3c2)s1. The van der Waals surface area contributed by atoms with Gasteiger partial charge < -0.3 is 5.11 Å². The Bertz CT molecular complexity index is 693. The number of hydrogen-bond donors (Lipinski definition) is 1. The molecular formula is C13H11N3OS. The third kappa shape index (κ3) is 1.98. The van der Waals surface area contributed by atoms with Gasteiger partial charge in [0.1, 0.15) is 5.01 Å². The highest BCUT2D eigenvalue weighted by molar-refractivity contribution is 7.15. The van der Waals surface area contributed by atoms with E-state index in [1.807, 2.05) is 18.2 Å². The number of rotatable bonds is 2. The number of fused-ring (bicyclic) bond motifs is 1. The van der Waals surface area contributed by atoms with Crippen LogP contribution in [0.1, 0.15) is 17.9 Å². The highest BCUT2D eigenvalue weighted by atomic mass is 32.1. The Morgan fingerprint density at radius 3 is 2.61 bits per heavy atom. The molecule has 0 bridgehead atoms. The molecule has 0 spiro atoms. The minimum atomic E-state index is -0.475. The van der Waals surface area contributed by atoms with Crippen LogP contribution >= 0.6 is 11.3 Å². The molecule has 0 saturated carbocycles. The summed E-state index contributed by atoms with van der Waals surface area (Å²) in [4.78, 5) is 13.7. The van der Waals surface area contributed by atoms with Crippen LogP contribution in [-0.2, 0) is 0 Å². The van der Waals surface area contributed by atoms with E-state index < -0.39 is 6.10 Å². The van der Waals surface area contributed by atoms with E-state index in [2.05, 4.69) is 15.0 Å². The van der Waals surface area contributed by atoms with E-state index in [1.165, 1.54) is 11.3 Å². The summed E-state index contributed by atoms with van der Waals surface area (Å²) in [7, 11) is 0. The summed E-state index contributed by atoms with van der Waals surface area (Å²) >= 11 is 1.49. The first-order valence-corrected chi connectivity index (χ1v) is 6.40. The standard InChI is InChI=1S/C13H11N3OS/c1-8(17)12-7-16-13(18-12)9-2-3-10-11(6-9)15-5-4-14-10/h2-8,17H,1H3. The fraction of sp³-hybridized carbons (Fsp3) is 0.154. The molecule has 1 unspecified atom stereocenters. The van der Waals surface area contributed by atoms with E-state index in [1.54, 1.807) is 25.5 Å². The summed E-state index contributed by atoms with van der Waals surface area (Å²) in [5.74, 6) is 0. The molecule has 1 aromatic carbocycles. The van der Waals surface area contributed by atoms with E-state index >= 15 is 0 Å². The van der Waals surface area contributed by atoms with Gasteiger partial charge in [0.2, 0.25) is 0 Å². The zero-order chi connectivity index (χ0) is 12.5. The number of hydrogen-bond acceptors (Lipinski definition) is 5. The van der Waals surface area contributed by atoms with Gasteiger partial charge in [0.05, 0.1) is 22.0 Å². The van der Waals surface area contributed by atoms with Gasteiger partial charge in [0.25, 0.3) is 0 Å². The van der Waals surface area contributed by atoms with Gasteiger partial charge in [-0.1, -0.05) is 0 Å². The molecule has 0 radical (unpaired) electrons. The topological polar surface area (TPSA) is 58.9 Å². The number of aromatic nitrogens is 3. The third-order valence-corrected chi connectivity index (χ3v) is 3.87. The minimum absolute atomic E-state index is 0.475. The van der Waals surface area contributed by atoms with Crippen LogP contribution in [0.5, 0.6) is 0 Å². The van der Waals surface area contributed by atoms with Gasteiger partial charge in [-0.05, 0) is 25.1 Å². The Morgan fingerprint density at radius 2 is 1.89 bits per heavy atom. The maximum atomic E-state index is 9.50. The lowest BCUT2D eigenvalue weighted by Crippen LogP contribution is -1.83. The molecule has 2 heterocycles. The van der Waals surface area contributed by atoms with Crippen molar-refractivity contribution < 1.29 is 5.11 Å². The Balaban J connectivity index is 2.07. The molecule has 1 N–H and O–H groups in total. The number of aliphatic hydroxyl groups is 1. The second-order valence-corrected chi connectivity index (χ2v) is 5.07. The van der Waals surface area contributed by atoms with Crippen molar-refractivity contribution in [1.29, 1.82) is 0 Å². The lowest BCUT2D eigenvalue weighted by molar-refractivity contribution is 0.203. The molecule has 0 aliphatic carbocycles. The van der Waals surface area contributed by atoms with Crippen LogP contribution in [0.2, 0.25) is 0 Å². The van der Waals surface area contributed by atoms with Gasteiger partial charge in [0, 0.05) is 24.2 Å². The molecule has 90 valence electrons. The molecule has 1 atom stereocenters. The van der Waals surface area contributed by atoms with Gasteiger partial charge in [-0.25, -0.2) is 4.98 Å². The van der Waals surface area contributed by atoms with Crippen molar-refractivity contribution in [1.82, 2.24) is 15.0 Å². The van der Waals surface area contributed by atoms with Gasteiger partial charge >= 0.3 is 0 Å². The first-order valence-electron chi connectivity index (χ1n) is 5.59. The quantitative estimate of drug-likeness (QED) is 0.767. The van der Waals surface area contributed by atoms with Gasteiger partial charge in [-0.3, -0.25) is 9.97 Å². The molecule has 0 aliphatic rings. The van der Waals surface area contributed by atoms with E-state index in [9.17, 15) is 5.11 Å². The summed E-state index contributed by atoms with van der Waals surface area (Å²) in [6.45, 7) is 1.74. The monoisotopic (exact) mass is 257 g/mol. The normalized spacial score (nSPS) is 12.8. The fourth-order valence-electron chi connectivity index (χ4n) is 1.71. The summed E-state index contributed by atoms with van der Waals surface area (Å²) in [5, 5.41) is 10.4. The number of aliphatic hydroxyl groups excluding tert-OH is 1. The van der Waals surface area contributed by atoms with Crippen LogP contribution in [0.15, 0.2) is 36.8 Å². The maximum Gasteiger partial charge on any atom is 0.123 e. The second-order valence-electron chi connectivity index (χ2n) is 4.00. The van der Waals surface area contributed by atoms with Crippen LogP contribution in [0.25, 0.3) is 21.6 Å². The third-order valence-electron chi connectivity index (χ3n) is 2.65. The summed E-state index contributed by atoms with van der Waals surface area (Å²) in [5.41, 5.74) is 2.72. The molecule has 2 aromatic heterocycles. The van der Waals surface area contributed by atoms with Crippen molar-refractivity contribution in [2.45, 2.75) is 13.0 Å². The lowest BCUT2D eigenvalue weighted by atomic mass is 10.2. The number of thiazole rings is 1. The first-order chi connectivity index (χ1) is 8.74. The van der Waals surface area contributed by atoms with Crippen LogP contribution in [0, 0.1) is 0 Å². The molecule has 3 rings (SSSR count). The van der Waals surface area contributed by atoms with Gasteiger partial charge in [-0.2, -0.15) is 0 Å². The molecule has 4 nitrogen and oxygen atoms in total. The van der Waals surface area contributed by atoms with E-state index in [4.69, 9.17) is 0 Å². The van der Waals surface area contributed by atoms with Crippen LogP contribution < -0.4 is 0 Å². The molecule has 0 aliphatic heterocycles. The summed E-state index contributed by atoms with van der Waals surface area (Å²) < 4.78 is 0. The smallest absolute Gasteiger partial charge is 0.123 e. The molecule has 0 fully saturated rings. The molecular weight excluding hydrogens is 246 g/mol. The Morgan fingerprint density at radius 1 is 1.11 bits per heavy atom. The zero-order valence-corrected chi connectivity index (χ0v) is 10.6. The minimum Gasteiger partial charge on any atom is -0.388 e. The average Bonchev–Trinajstić information content (AvgIpc) is 2.88. The van der Waals surface area contributed by atoms with Crippen molar-refractivity contribution >= 4 is 22.4 Å². The Kier molecular flexibility index (Phi) is 2.77. The van der Waals surface area contributed by atoms with Crippen LogP contribution in [-0.4, -0.2) is 20.1 Å². The Labute approximate surface area is 108 Å². The fourth-order valence-corrected chi connectivity index (χ4v) is 2.56. The van der Waals surface area contributed by atoms with E-state index in [0.717, 1.165) is 26.5 Å². The number of nitrogens with zero attached hydrogens (tertiary/aromatic N) is 3. The highest BCUT2D eigenvalue weighted by Crippen LogP contribution is 2.29. The summed E-state index contributed by atoms with van der Waals surface area (Å²) in [6, 6.07) is 5.87. The van der Waals surface area contributed by atoms with E-state index in [-0.39, 0.29) is 0 Å². The van der Waals surface area contributed by atoms with Crippen molar-refractivity contribution in [3.8, 4) is 10.6 Å². The van der Waals surface area contributed by atoms with Crippen molar-refractivity contribution in [2.75, 3.05) is 0 Å². The second kappa shape index (κ2) is 4.44. The van der Waals surface area contributed by atoms with Crippen molar-refractivity contribution in [3.63, 3.8) is 0 Å². The van der Waals surface area contributed by atoms with Crippen LogP contribution in [0.4, 0.5) is 0 Å². The lowest BCUT2D eigenvalue weighted by Gasteiger charge is -1.99. The Hall–Kier alpha value is -1.85. The van der Waals surface area contributed by atoms with E-state index in [0.29, 0.717) is 0 Å². The first kappa shape index (κ1) is 11.3. The zero-order valence-electron chi connectivity index (χ0n) is 9.74. The van der Waals surface area contributed by atoms with Crippen molar-refractivity contribution in [2.24, 2.45) is 0 Å². The highest BCUT2D eigenvalue weighted by Gasteiger charge is 2.09. The molecule has 18 heavy (non-hydrogen) atoms.